The van der Waals surface area contributed by atoms with Crippen LogP contribution in [0.1, 0.15) is 16.7 Å². The average molecular weight is 277 g/mol. The van der Waals surface area contributed by atoms with Crippen LogP contribution >= 0.6 is 0 Å². The van der Waals surface area contributed by atoms with E-state index in [-0.39, 0.29) is 6.03 Å². The normalized spacial score (nSPS) is 12.6. The molecule has 4 nitrogen and oxygen atoms in total. The van der Waals surface area contributed by atoms with Crippen LogP contribution < -0.4 is 10.2 Å². The molecule has 1 aliphatic heterocycles. The Hall–Kier alpha value is -2.80. The second-order valence-electron chi connectivity index (χ2n) is 5.00. The monoisotopic (exact) mass is 277 g/mol. The lowest BCUT2D eigenvalue weighted by Gasteiger charge is -2.18. The Labute approximate surface area is 123 Å². The summed E-state index contributed by atoms with van der Waals surface area (Å²) in [5, 5.41) is 11.7. The maximum absolute atomic E-state index is 12.3. The van der Waals surface area contributed by atoms with Crippen molar-refractivity contribution in [3.8, 4) is 6.07 Å². The molecule has 0 atom stereocenters. The molecule has 0 fully saturated rings. The van der Waals surface area contributed by atoms with Crippen molar-refractivity contribution < 1.29 is 4.79 Å². The van der Waals surface area contributed by atoms with Gasteiger partial charge in [0.2, 0.25) is 0 Å². The molecule has 0 aliphatic carbocycles. The maximum Gasteiger partial charge on any atom is 0.322 e. The fraction of sp³-hybridized carbons (Fsp3) is 0.176. The zero-order valence-electron chi connectivity index (χ0n) is 11.5. The van der Waals surface area contributed by atoms with Gasteiger partial charge in [-0.15, -0.1) is 0 Å². The summed E-state index contributed by atoms with van der Waals surface area (Å²) in [6.45, 7) is 1.18. The smallest absolute Gasteiger partial charge is 0.322 e. The number of amides is 2. The molecule has 21 heavy (non-hydrogen) atoms. The van der Waals surface area contributed by atoms with Crippen molar-refractivity contribution in [3.63, 3.8) is 0 Å². The van der Waals surface area contributed by atoms with E-state index in [1.54, 1.807) is 17.0 Å². The molecule has 0 spiro atoms. The van der Waals surface area contributed by atoms with Crippen LogP contribution in [0.2, 0.25) is 0 Å². The lowest BCUT2D eigenvalue weighted by molar-refractivity contribution is 0.246. The number of nitrogens with zero attached hydrogens (tertiary/aromatic N) is 2. The number of anilines is 1. The largest absolute Gasteiger partial charge is 0.334 e. The minimum atomic E-state index is -0.0793. The van der Waals surface area contributed by atoms with Crippen molar-refractivity contribution in [3.05, 3.63) is 65.2 Å². The van der Waals surface area contributed by atoms with Crippen LogP contribution in [0.15, 0.2) is 48.5 Å². The Kier molecular flexibility index (Phi) is 3.57. The van der Waals surface area contributed by atoms with Crippen molar-refractivity contribution in [2.45, 2.75) is 13.0 Å². The zero-order chi connectivity index (χ0) is 14.7. The van der Waals surface area contributed by atoms with E-state index in [0.29, 0.717) is 12.1 Å². The fourth-order valence-electron chi connectivity index (χ4n) is 2.52. The third-order valence-electron chi connectivity index (χ3n) is 3.66. The summed E-state index contributed by atoms with van der Waals surface area (Å²) in [5.41, 5.74) is 3.81. The quantitative estimate of drug-likeness (QED) is 0.917. The number of nitriles is 1. The van der Waals surface area contributed by atoms with Gasteiger partial charge in [-0.05, 0) is 35.7 Å². The number of hydrogen-bond acceptors (Lipinski definition) is 2. The van der Waals surface area contributed by atoms with Gasteiger partial charge in [-0.3, -0.25) is 4.90 Å². The summed E-state index contributed by atoms with van der Waals surface area (Å²) in [6.07, 6.45) is 0.903. The fourth-order valence-corrected chi connectivity index (χ4v) is 2.52. The topological polar surface area (TPSA) is 56.1 Å². The third kappa shape index (κ3) is 2.72. The first-order valence-corrected chi connectivity index (χ1v) is 6.90. The molecular weight excluding hydrogens is 262 g/mol. The molecule has 2 aromatic rings. The highest BCUT2D eigenvalue weighted by atomic mass is 16.2. The van der Waals surface area contributed by atoms with Gasteiger partial charge in [0.25, 0.3) is 0 Å². The minimum absolute atomic E-state index is 0.0793. The summed E-state index contributed by atoms with van der Waals surface area (Å²) in [6, 6.07) is 17.2. The summed E-state index contributed by atoms with van der Waals surface area (Å²) >= 11 is 0. The maximum atomic E-state index is 12.3. The Morgan fingerprint density at radius 1 is 1.19 bits per heavy atom. The van der Waals surface area contributed by atoms with Crippen LogP contribution in [0.4, 0.5) is 10.5 Å². The molecule has 1 aliphatic rings. The second kappa shape index (κ2) is 5.68. The van der Waals surface area contributed by atoms with Crippen molar-refractivity contribution in [1.82, 2.24) is 5.32 Å². The Morgan fingerprint density at radius 2 is 1.95 bits per heavy atom. The number of carbonyl (C=O) groups excluding carboxylic acids is 1. The molecule has 1 N–H and O–H groups in total. The SMILES string of the molecule is N#Cc1ccc(CNC(=O)N2CCc3ccccc32)cc1. The highest BCUT2D eigenvalue weighted by Crippen LogP contribution is 2.27. The number of benzene rings is 2. The predicted octanol–water partition coefficient (Wildman–Crippen LogP) is 2.83. The molecule has 2 amide bonds. The number of carbonyl (C=O) groups is 1. The molecule has 0 aromatic heterocycles. The second-order valence-corrected chi connectivity index (χ2v) is 5.00. The van der Waals surface area contributed by atoms with Crippen molar-refractivity contribution >= 4 is 11.7 Å². The molecule has 4 heteroatoms. The van der Waals surface area contributed by atoms with Crippen molar-refractivity contribution in [2.75, 3.05) is 11.4 Å². The predicted molar refractivity (Wildman–Crippen MR) is 80.9 cm³/mol. The number of rotatable bonds is 2. The van der Waals surface area contributed by atoms with Gasteiger partial charge < -0.3 is 5.32 Å². The molecule has 0 unspecified atom stereocenters. The Morgan fingerprint density at radius 3 is 2.71 bits per heavy atom. The minimum Gasteiger partial charge on any atom is -0.334 e. The number of urea groups is 1. The van der Waals surface area contributed by atoms with Gasteiger partial charge in [-0.1, -0.05) is 30.3 Å². The van der Waals surface area contributed by atoms with Crippen LogP contribution in [0, 0.1) is 11.3 Å². The van der Waals surface area contributed by atoms with Crippen LogP contribution in [0.3, 0.4) is 0 Å². The first kappa shape index (κ1) is 13.2. The van der Waals surface area contributed by atoms with Gasteiger partial charge in [0.05, 0.1) is 11.6 Å². The number of para-hydroxylation sites is 1. The molecule has 0 radical (unpaired) electrons. The van der Waals surface area contributed by atoms with Gasteiger partial charge in [0, 0.05) is 18.8 Å². The lowest BCUT2D eigenvalue weighted by atomic mass is 10.1. The molecule has 0 saturated carbocycles. The van der Waals surface area contributed by atoms with E-state index in [9.17, 15) is 4.79 Å². The molecular formula is C17H15N3O. The highest BCUT2D eigenvalue weighted by molar-refractivity contribution is 5.94. The van der Waals surface area contributed by atoms with E-state index in [4.69, 9.17) is 5.26 Å². The number of hydrogen-bond donors (Lipinski definition) is 1. The van der Waals surface area contributed by atoms with Crippen molar-refractivity contribution in [2.24, 2.45) is 0 Å². The van der Waals surface area contributed by atoms with Crippen LogP contribution in [0.25, 0.3) is 0 Å². The van der Waals surface area contributed by atoms with Gasteiger partial charge in [-0.25, -0.2) is 4.79 Å². The molecule has 104 valence electrons. The van der Waals surface area contributed by atoms with E-state index >= 15 is 0 Å². The van der Waals surface area contributed by atoms with E-state index in [1.807, 2.05) is 30.3 Å². The summed E-state index contributed by atoms with van der Waals surface area (Å²) in [7, 11) is 0. The van der Waals surface area contributed by atoms with E-state index in [0.717, 1.165) is 24.2 Å². The molecule has 0 bridgehead atoms. The highest BCUT2D eigenvalue weighted by Gasteiger charge is 2.23. The molecule has 1 heterocycles. The lowest BCUT2D eigenvalue weighted by Crippen LogP contribution is -2.38. The molecule has 2 aromatic carbocycles. The Balaban J connectivity index is 1.64. The molecule has 0 saturated heterocycles. The van der Waals surface area contributed by atoms with Gasteiger partial charge >= 0.3 is 6.03 Å². The summed E-state index contributed by atoms with van der Waals surface area (Å²) < 4.78 is 0. The first-order chi connectivity index (χ1) is 10.3. The number of fused-ring (bicyclic) bond motifs is 1. The van der Waals surface area contributed by atoms with E-state index < -0.39 is 0 Å². The summed E-state index contributed by atoms with van der Waals surface area (Å²) in [5.74, 6) is 0. The van der Waals surface area contributed by atoms with E-state index in [1.165, 1.54) is 5.56 Å². The number of nitrogens with one attached hydrogen (secondary N) is 1. The van der Waals surface area contributed by atoms with Gasteiger partial charge in [0.15, 0.2) is 0 Å². The standard InChI is InChI=1S/C17H15N3O/c18-11-13-5-7-14(8-6-13)12-19-17(21)20-10-9-15-3-1-2-4-16(15)20/h1-8H,9-10,12H2,(H,19,21). The average Bonchev–Trinajstić information content (AvgIpc) is 2.97. The third-order valence-corrected chi connectivity index (χ3v) is 3.66. The van der Waals surface area contributed by atoms with Gasteiger partial charge in [-0.2, -0.15) is 5.26 Å². The van der Waals surface area contributed by atoms with Gasteiger partial charge in [0.1, 0.15) is 0 Å². The first-order valence-electron chi connectivity index (χ1n) is 6.90. The van der Waals surface area contributed by atoms with Crippen LogP contribution in [0.5, 0.6) is 0 Å². The van der Waals surface area contributed by atoms with Crippen LogP contribution in [-0.4, -0.2) is 12.6 Å². The van der Waals surface area contributed by atoms with E-state index in [2.05, 4.69) is 17.5 Å². The zero-order valence-corrected chi connectivity index (χ0v) is 11.5. The van der Waals surface area contributed by atoms with Crippen molar-refractivity contribution in [1.29, 1.82) is 5.26 Å². The Bertz CT molecular complexity index is 701. The van der Waals surface area contributed by atoms with Crippen LogP contribution in [-0.2, 0) is 13.0 Å². The molecule has 3 rings (SSSR count). The summed E-state index contributed by atoms with van der Waals surface area (Å²) in [4.78, 5) is 14.0.